The highest BCUT2D eigenvalue weighted by Gasteiger charge is 2.02. The van der Waals surface area contributed by atoms with Gasteiger partial charge in [-0.25, -0.2) is 4.98 Å². The lowest BCUT2D eigenvalue weighted by Crippen LogP contribution is -1.87. The summed E-state index contributed by atoms with van der Waals surface area (Å²) in [6.45, 7) is 2.15. The van der Waals surface area contributed by atoms with Crippen LogP contribution >= 0.6 is 15.9 Å². The molecule has 0 saturated carbocycles. The van der Waals surface area contributed by atoms with Crippen LogP contribution in [0.15, 0.2) is 35.1 Å². The van der Waals surface area contributed by atoms with Gasteiger partial charge >= 0.3 is 0 Å². The molecule has 1 nitrogen and oxygen atoms in total. The van der Waals surface area contributed by atoms with Gasteiger partial charge in [-0.3, -0.25) is 0 Å². The van der Waals surface area contributed by atoms with E-state index >= 15 is 0 Å². The highest BCUT2D eigenvalue weighted by molar-refractivity contribution is 9.10. The van der Waals surface area contributed by atoms with E-state index in [2.05, 4.69) is 46.0 Å². The minimum atomic E-state index is 0.931. The Hall–Kier alpha value is -0.890. The van der Waals surface area contributed by atoms with Gasteiger partial charge in [-0.2, -0.15) is 0 Å². The van der Waals surface area contributed by atoms with Crippen LogP contribution in [0, 0.1) is 0 Å². The number of aryl methyl sites for hydroxylation is 1. The molecule has 0 bridgehead atoms. The summed E-state index contributed by atoms with van der Waals surface area (Å²) in [7, 11) is 0. The van der Waals surface area contributed by atoms with Gasteiger partial charge in [0.05, 0.1) is 0 Å². The predicted octanol–water partition coefficient (Wildman–Crippen LogP) is 3.56. The molecule has 0 aliphatic carbocycles. The molecule has 0 saturated heterocycles. The van der Waals surface area contributed by atoms with E-state index in [1.54, 1.807) is 0 Å². The number of hydrogen-bond donors (Lipinski definition) is 0. The number of hydrogen-bond acceptors (Lipinski definition) is 1. The molecule has 1 aromatic carbocycles. The summed E-state index contributed by atoms with van der Waals surface area (Å²) in [4.78, 5) is 4.29. The van der Waals surface area contributed by atoms with Crippen molar-refractivity contribution < 1.29 is 0 Å². The van der Waals surface area contributed by atoms with Gasteiger partial charge < -0.3 is 0 Å². The summed E-state index contributed by atoms with van der Waals surface area (Å²) in [5.74, 6) is 0. The van der Waals surface area contributed by atoms with Gasteiger partial charge in [0.1, 0.15) is 4.60 Å². The van der Waals surface area contributed by atoms with Gasteiger partial charge in [-0.15, -0.1) is 0 Å². The van der Waals surface area contributed by atoms with Gasteiger partial charge in [0, 0.05) is 11.6 Å². The fourth-order valence-corrected chi connectivity index (χ4v) is 1.95. The molecule has 2 heteroatoms. The van der Waals surface area contributed by atoms with E-state index in [9.17, 15) is 0 Å². The van der Waals surface area contributed by atoms with Crippen molar-refractivity contribution in [3.8, 4) is 0 Å². The zero-order chi connectivity index (χ0) is 9.26. The molecule has 0 aliphatic heterocycles. The standard InChI is InChI=1S/C11H10BrN/c1-2-8-7-13-11(12)10-6-4-3-5-9(8)10/h3-7H,2H2,1H3. The maximum Gasteiger partial charge on any atom is 0.113 e. The summed E-state index contributed by atoms with van der Waals surface area (Å²) >= 11 is 3.45. The second-order valence-electron chi connectivity index (χ2n) is 2.97. The normalized spacial score (nSPS) is 10.6. The lowest BCUT2D eigenvalue weighted by molar-refractivity contribution is 1.12. The Morgan fingerprint density at radius 2 is 1.92 bits per heavy atom. The summed E-state index contributed by atoms with van der Waals surface area (Å²) in [5.41, 5.74) is 1.30. The Kier molecular flexibility index (Phi) is 2.32. The zero-order valence-corrected chi connectivity index (χ0v) is 9.01. The molecule has 1 heterocycles. The predicted molar refractivity (Wildman–Crippen MR) is 58.8 cm³/mol. The van der Waals surface area contributed by atoms with Crippen LogP contribution in [0.25, 0.3) is 10.8 Å². The number of pyridine rings is 1. The first kappa shape index (κ1) is 8.70. The van der Waals surface area contributed by atoms with E-state index in [1.165, 1.54) is 16.3 Å². The Bertz CT molecular complexity index is 437. The Labute approximate surface area is 85.9 Å². The van der Waals surface area contributed by atoms with Crippen molar-refractivity contribution in [1.29, 1.82) is 0 Å². The minimum Gasteiger partial charge on any atom is -0.248 e. The van der Waals surface area contributed by atoms with Crippen LogP contribution < -0.4 is 0 Å². The van der Waals surface area contributed by atoms with Crippen molar-refractivity contribution in [3.05, 3.63) is 40.6 Å². The fraction of sp³-hybridized carbons (Fsp3) is 0.182. The first-order chi connectivity index (χ1) is 6.33. The largest absolute Gasteiger partial charge is 0.248 e. The van der Waals surface area contributed by atoms with E-state index in [1.807, 2.05) is 12.3 Å². The highest BCUT2D eigenvalue weighted by atomic mass is 79.9. The molecule has 0 radical (unpaired) electrons. The van der Waals surface area contributed by atoms with Crippen molar-refractivity contribution in [3.63, 3.8) is 0 Å². The lowest BCUT2D eigenvalue weighted by Gasteiger charge is -2.04. The van der Waals surface area contributed by atoms with Crippen LogP contribution in [0.1, 0.15) is 12.5 Å². The summed E-state index contributed by atoms with van der Waals surface area (Å²) in [5, 5.41) is 2.49. The molecule has 0 aliphatic rings. The van der Waals surface area contributed by atoms with Gasteiger partial charge in [-0.05, 0) is 33.3 Å². The molecule has 0 unspecified atom stereocenters. The highest BCUT2D eigenvalue weighted by Crippen LogP contribution is 2.24. The van der Waals surface area contributed by atoms with Crippen molar-refractivity contribution in [2.45, 2.75) is 13.3 Å². The summed E-state index contributed by atoms with van der Waals surface area (Å²) in [6.07, 6.45) is 2.97. The van der Waals surface area contributed by atoms with Crippen LogP contribution in [0.4, 0.5) is 0 Å². The van der Waals surface area contributed by atoms with E-state index in [4.69, 9.17) is 0 Å². The van der Waals surface area contributed by atoms with Crippen LogP contribution in [0.3, 0.4) is 0 Å². The van der Waals surface area contributed by atoms with Crippen molar-refractivity contribution in [2.75, 3.05) is 0 Å². The van der Waals surface area contributed by atoms with Crippen molar-refractivity contribution in [2.24, 2.45) is 0 Å². The van der Waals surface area contributed by atoms with Crippen LogP contribution in [-0.2, 0) is 6.42 Å². The van der Waals surface area contributed by atoms with E-state index < -0.39 is 0 Å². The molecule has 1 aromatic heterocycles. The molecule has 2 rings (SSSR count). The second kappa shape index (κ2) is 3.46. The zero-order valence-electron chi connectivity index (χ0n) is 7.42. The SMILES string of the molecule is CCc1cnc(Br)c2ccccc12. The summed E-state index contributed by atoms with van der Waals surface area (Å²) < 4.78 is 0.931. The van der Waals surface area contributed by atoms with Crippen LogP contribution in [0.5, 0.6) is 0 Å². The quantitative estimate of drug-likeness (QED) is 0.690. The minimum absolute atomic E-state index is 0.931. The molecule has 66 valence electrons. The maximum absolute atomic E-state index is 4.29. The van der Waals surface area contributed by atoms with Crippen LogP contribution in [0.2, 0.25) is 0 Å². The first-order valence-electron chi connectivity index (χ1n) is 4.35. The number of nitrogens with zero attached hydrogens (tertiary/aromatic N) is 1. The molecular weight excluding hydrogens is 226 g/mol. The lowest BCUT2D eigenvalue weighted by atomic mass is 10.1. The molecule has 0 N–H and O–H groups in total. The molecule has 0 fully saturated rings. The molecule has 0 amide bonds. The van der Waals surface area contributed by atoms with Crippen molar-refractivity contribution >= 4 is 26.7 Å². The Morgan fingerprint density at radius 1 is 1.23 bits per heavy atom. The average molecular weight is 236 g/mol. The Balaban J connectivity index is 2.84. The molecular formula is C11H10BrN. The second-order valence-corrected chi connectivity index (χ2v) is 3.72. The fourth-order valence-electron chi connectivity index (χ4n) is 1.50. The third-order valence-corrected chi connectivity index (χ3v) is 2.84. The number of rotatable bonds is 1. The maximum atomic E-state index is 4.29. The third-order valence-electron chi connectivity index (χ3n) is 2.21. The Morgan fingerprint density at radius 3 is 2.62 bits per heavy atom. The topological polar surface area (TPSA) is 12.9 Å². The van der Waals surface area contributed by atoms with Gasteiger partial charge in [0.2, 0.25) is 0 Å². The molecule has 2 aromatic rings. The smallest absolute Gasteiger partial charge is 0.113 e. The first-order valence-corrected chi connectivity index (χ1v) is 5.14. The van der Waals surface area contributed by atoms with E-state index in [-0.39, 0.29) is 0 Å². The number of fused-ring (bicyclic) bond motifs is 1. The molecule has 13 heavy (non-hydrogen) atoms. The van der Waals surface area contributed by atoms with E-state index in [0.717, 1.165) is 11.0 Å². The van der Waals surface area contributed by atoms with Crippen molar-refractivity contribution in [1.82, 2.24) is 4.98 Å². The van der Waals surface area contributed by atoms with Gasteiger partial charge in [-0.1, -0.05) is 31.2 Å². The van der Waals surface area contributed by atoms with Gasteiger partial charge in [0.15, 0.2) is 0 Å². The monoisotopic (exact) mass is 235 g/mol. The average Bonchev–Trinajstić information content (AvgIpc) is 2.19. The number of benzene rings is 1. The van der Waals surface area contributed by atoms with E-state index in [0.29, 0.717) is 0 Å². The van der Waals surface area contributed by atoms with Crippen LogP contribution in [-0.4, -0.2) is 4.98 Å². The number of halogens is 1. The third kappa shape index (κ3) is 1.46. The molecule has 0 spiro atoms. The molecule has 0 atom stereocenters. The number of aromatic nitrogens is 1. The van der Waals surface area contributed by atoms with Gasteiger partial charge in [0.25, 0.3) is 0 Å². The summed E-state index contributed by atoms with van der Waals surface area (Å²) in [6, 6.07) is 8.33.